The number of aryl methyl sites for hydroxylation is 1. The van der Waals surface area contributed by atoms with Gasteiger partial charge in [0.15, 0.2) is 5.76 Å². The normalized spacial score (nSPS) is 12.8. The second kappa shape index (κ2) is 11.0. The van der Waals surface area contributed by atoms with Crippen LogP contribution in [0.15, 0.2) is 59.1 Å². The van der Waals surface area contributed by atoms with Crippen molar-refractivity contribution in [2.24, 2.45) is 0 Å². The lowest BCUT2D eigenvalue weighted by Gasteiger charge is -2.28. The summed E-state index contributed by atoms with van der Waals surface area (Å²) in [6.45, 7) is 6.74. The third kappa shape index (κ3) is 7.25. The van der Waals surface area contributed by atoms with Crippen LogP contribution in [0, 0.1) is 6.92 Å². The van der Waals surface area contributed by atoms with Crippen molar-refractivity contribution < 1.29 is 19.1 Å². The highest BCUT2D eigenvalue weighted by Crippen LogP contribution is 2.21. The summed E-state index contributed by atoms with van der Waals surface area (Å²) in [6.07, 6.45) is 3.96. The van der Waals surface area contributed by atoms with Crippen molar-refractivity contribution in [2.75, 3.05) is 20.3 Å². The largest absolute Gasteiger partial charge is 0.497 e. The van der Waals surface area contributed by atoms with Crippen molar-refractivity contribution in [2.45, 2.75) is 38.8 Å². The molecule has 0 saturated heterocycles. The monoisotopic (exact) mass is 436 g/mol. The van der Waals surface area contributed by atoms with Gasteiger partial charge < -0.3 is 24.4 Å². The first-order valence-electron chi connectivity index (χ1n) is 10.7. The topological polar surface area (TPSA) is 76.8 Å². The van der Waals surface area contributed by atoms with E-state index in [0.29, 0.717) is 18.1 Å². The van der Waals surface area contributed by atoms with Crippen LogP contribution in [-0.2, 0) is 6.42 Å². The average Bonchev–Trinajstić information content (AvgIpc) is 3.21. The van der Waals surface area contributed by atoms with Gasteiger partial charge >= 0.3 is 0 Å². The van der Waals surface area contributed by atoms with Gasteiger partial charge in [0.1, 0.15) is 24.2 Å². The van der Waals surface area contributed by atoms with Crippen molar-refractivity contribution in [3.63, 3.8) is 0 Å². The second-order valence-corrected chi connectivity index (χ2v) is 8.50. The Kier molecular flexibility index (Phi) is 8.09. The van der Waals surface area contributed by atoms with Gasteiger partial charge in [-0.2, -0.15) is 0 Å². The fraction of sp³-hybridized carbons (Fsp3) is 0.346. The molecule has 0 aliphatic rings. The Bertz CT molecular complexity index is 1010. The van der Waals surface area contributed by atoms with Crippen LogP contribution in [-0.4, -0.2) is 42.2 Å². The lowest BCUT2D eigenvalue weighted by Crippen LogP contribution is -2.46. The van der Waals surface area contributed by atoms with Gasteiger partial charge in [-0.25, -0.2) is 0 Å². The predicted octanol–water partition coefficient (Wildman–Crippen LogP) is 4.51. The number of aromatic nitrogens is 1. The maximum atomic E-state index is 10.5. The number of nitrogens with one attached hydrogen (secondary N) is 1. The van der Waals surface area contributed by atoms with Gasteiger partial charge in [0.2, 0.25) is 0 Å². The van der Waals surface area contributed by atoms with Gasteiger partial charge in [0.05, 0.1) is 12.8 Å². The Labute approximate surface area is 189 Å². The fourth-order valence-corrected chi connectivity index (χ4v) is 3.34. The highest BCUT2D eigenvalue weighted by atomic mass is 16.5. The van der Waals surface area contributed by atoms with E-state index in [1.54, 1.807) is 7.11 Å². The van der Waals surface area contributed by atoms with Crippen molar-refractivity contribution in [1.29, 1.82) is 0 Å². The summed E-state index contributed by atoms with van der Waals surface area (Å²) in [4.78, 5) is 0. The van der Waals surface area contributed by atoms with Crippen molar-refractivity contribution >= 4 is 12.2 Å². The fourth-order valence-electron chi connectivity index (χ4n) is 3.34. The standard InChI is InChI=1S/C26H32N2O4/c1-19-15-24(32-28-19)14-11-21-7-5-6-8-25(21)31-18-22(29)17-27-26(2,3)16-20-9-12-23(30-4)13-10-20/h5-15,22,27,29H,16-18H2,1-4H3. The van der Waals surface area contributed by atoms with E-state index in [4.69, 9.17) is 14.0 Å². The van der Waals surface area contributed by atoms with E-state index in [0.717, 1.165) is 23.4 Å². The van der Waals surface area contributed by atoms with E-state index in [1.165, 1.54) is 5.56 Å². The summed E-state index contributed by atoms with van der Waals surface area (Å²) in [7, 11) is 1.66. The zero-order valence-corrected chi connectivity index (χ0v) is 19.2. The molecule has 0 saturated carbocycles. The van der Waals surface area contributed by atoms with Crippen LogP contribution in [0.2, 0.25) is 0 Å². The minimum atomic E-state index is -0.640. The number of aliphatic hydroxyl groups excluding tert-OH is 1. The van der Waals surface area contributed by atoms with Crippen molar-refractivity contribution in [3.05, 3.63) is 77.2 Å². The summed E-state index contributed by atoms with van der Waals surface area (Å²) in [5.41, 5.74) is 2.77. The van der Waals surface area contributed by atoms with E-state index in [9.17, 15) is 5.11 Å². The molecule has 1 heterocycles. The first-order chi connectivity index (χ1) is 15.3. The molecule has 1 unspecified atom stereocenters. The molecule has 1 aromatic heterocycles. The molecule has 3 rings (SSSR count). The van der Waals surface area contributed by atoms with Crippen LogP contribution < -0.4 is 14.8 Å². The van der Waals surface area contributed by atoms with Crippen LogP contribution >= 0.6 is 0 Å². The second-order valence-electron chi connectivity index (χ2n) is 8.50. The molecular weight excluding hydrogens is 404 g/mol. The summed E-state index contributed by atoms with van der Waals surface area (Å²) >= 11 is 0. The zero-order chi connectivity index (χ0) is 23.0. The van der Waals surface area contributed by atoms with Gasteiger partial charge in [-0.15, -0.1) is 0 Å². The van der Waals surface area contributed by atoms with E-state index in [1.807, 2.05) is 61.5 Å². The lowest BCUT2D eigenvalue weighted by atomic mass is 9.94. The molecule has 2 N–H and O–H groups in total. The SMILES string of the molecule is COc1ccc(CC(C)(C)NCC(O)COc2ccccc2C=Cc2cc(C)no2)cc1. The molecule has 2 aromatic carbocycles. The molecule has 170 valence electrons. The molecule has 0 aliphatic heterocycles. The number of ether oxygens (including phenoxy) is 2. The molecule has 0 fully saturated rings. The Balaban J connectivity index is 1.50. The van der Waals surface area contributed by atoms with Gasteiger partial charge in [-0.3, -0.25) is 0 Å². The third-order valence-electron chi connectivity index (χ3n) is 5.04. The molecule has 0 radical (unpaired) electrons. The Morgan fingerprint density at radius 2 is 1.88 bits per heavy atom. The smallest absolute Gasteiger partial charge is 0.159 e. The van der Waals surface area contributed by atoms with Gasteiger partial charge in [-0.1, -0.05) is 35.5 Å². The van der Waals surface area contributed by atoms with Gasteiger partial charge in [-0.05, 0) is 63.1 Å². The lowest BCUT2D eigenvalue weighted by molar-refractivity contribution is 0.0987. The molecule has 1 atom stereocenters. The minimum absolute atomic E-state index is 0.175. The number of methoxy groups -OCH3 is 1. The van der Waals surface area contributed by atoms with Crippen LogP contribution in [0.4, 0.5) is 0 Å². The Morgan fingerprint density at radius 3 is 2.56 bits per heavy atom. The number of hydrogen-bond donors (Lipinski definition) is 2. The van der Waals surface area contributed by atoms with E-state index in [-0.39, 0.29) is 12.1 Å². The molecule has 32 heavy (non-hydrogen) atoms. The number of aliphatic hydroxyl groups is 1. The van der Waals surface area contributed by atoms with Crippen LogP contribution in [0.1, 0.15) is 36.4 Å². The number of nitrogens with zero attached hydrogens (tertiary/aromatic N) is 1. The summed E-state index contributed by atoms with van der Waals surface area (Å²) in [6, 6.07) is 17.6. The first-order valence-corrected chi connectivity index (χ1v) is 10.7. The molecular formula is C26H32N2O4. The number of rotatable bonds is 11. The van der Waals surface area contributed by atoms with Crippen LogP contribution in [0.5, 0.6) is 11.5 Å². The Hall–Kier alpha value is -3.09. The number of hydrogen-bond acceptors (Lipinski definition) is 6. The molecule has 6 nitrogen and oxygen atoms in total. The van der Waals surface area contributed by atoms with Gasteiger partial charge in [0.25, 0.3) is 0 Å². The summed E-state index contributed by atoms with van der Waals surface area (Å²) in [5.74, 6) is 2.23. The highest BCUT2D eigenvalue weighted by molar-refractivity contribution is 5.70. The zero-order valence-electron chi connectivity index (χ0n) is 19.2. The highest BCUT2D eigenvalue weighted by Gasteiger charge is 2.19. The number of β-amino-alcohol motifs (C(OH)–C–C–N with tert-alkyl or cyclic N) is 1. The van der Waals surface area contributed by atoms with Crippen molar-refractivity contribution in [1.82, 2.24) is 10.5 Å². The quantitative estimate of drug-likeness (QED) is 0.460. The van der Waals surface area contributed by atoms with Crippen LogP contribution in [0.25, 0.3) is 12.2 Å². The summed E-state index contributed by atoms with van der Waals surface area (Å²) < 4.78 is 16.3. The maximum Gasteiger partial charge on any atom is 0.159 e. The van der Waals surface area contributed by atoms with E-state index >= 15 is 0 Å². The van der Waals surface area contributed by atoms with Crippen LogP contribution in [0.3, 0.4) is 0 Å². The molecule has 6 heteroatoms. The average molecular weight is 437 g/mol. The third-order valence-corrected chi connectivity index (χ3v) is 5.04. The molecule has 0 amide bonds. The van der Waals surface area contributed by atoms with Crippen molar-refractivity contribution in [3.8, 4) is 11.5 Å². The molecule has 0 bridgehead atoms. The predicted molar refractivity (Wildman–Crippen MR) is 127 cm³/mol. The summed E-state index contributed by atoms with van der Waals surface area (Å²) in [5, 5.41) is 17.8. The maximum absolute atomic E-state index is 10.5. The van der Waals surface area contributed by atoms with E-state index < -0.39 is 6.10 Å². The minimum Gasteiger partial charge on any atom is -0.497 e. The Morgan fingerprint density at radius 1 is 1.12 bits per heavy atom. The molecule has 0 spiro atoms. The first kappa shape index (κ1) is 23.6. The van der Waals surface area contributed by atoms with Gasteiger partial charge in [0, 0.05) is 23.7 Å². The number of para-hydroxylation sites is 1. The van der Waals surface area contributed by atoms with E-state index in [2.05, 4.69) is 36.5 Å². The molecule has 0 aliphatic carbocycles. The number of benzene rings is 2. The molecule has 3 aromatic rings.